The molecule has 0 bridgehead atoms. The summed E-state index contributed by atoms with van der Waals surface area (Å²) in [7, 11) is 0. The predicted octanol–water partition coefficient (Wildman–Crippen LogP) is 4.58. The molecule has 1 aromatic carbocycles. The number of benzene rings is 1. The van der Waals surface area contributed by atoms with Crippen LogP contribution in [0.25, 0.3) is 0 Å². The van der Waals surface area contributed by atoms with Gasteiger partial charge in [0.1, 0.15) is 0 Å². The lowest BCUT2D eigenvalue weighted by Crippen LogP contribution is -2.39. The van der Waals surface area contributed by atoms with Gasteiger partial charge in [-0.05, 0) is 47.4 Å². The van der Waals surface area contributed by atoms with Crippen molar-refractivity contribution in [3.63, 3.8) is 0 Å². The van der Waals surface area contributed by atoms with Crippen molar-refractivity contribution >= 4 is 0 Å². The summed E-state index contributed by atoms with van der Waals surface area (Å²) in [5.41, 5.74) is 4.66. The highest BCUT2D eigenvalue weighted by molar-refractivity contribution is 5.35. The summed E-state index contributed by atoms with van der Waals surface area (Å²) in [5, 5.41) is 3.77. The zero-order chi connectivity index (χ0) is 14.9. The van der Waals surface area contributed by atoms with Gasteiger partial charge >= 0.3 is 0 Å². The SMILES string of the molecule is CCNC(c1ccc2c(c1)COC2)C1CCCCC1(C)C. The van der Waals surface area contributed by atoms with Crippen LogP contribution in [-0.4, -0.2) is 6.54 Å². The molecule has 3 rings (SSSR count). The maximum absolute atomic E-state index is 5.58. The Labute approximate surface area is 129 Å². The molecule has 2 heteroatoms. The summed E-state index contributed by atoms with van der Waals surface area (Å²) in [4.78, 5) is 0. The summed E-state index contributed by atoms with van der Waals surface area (Å²) in [6.45, 7) is 9.74. The van der Waals surface area contributed by atoms with Gasteiger partial charge in [0.25, 0.3) is 0 Å². The third kappa shape index (κ3) is 3.02. The number of nitrogens with one attached hydrogen (secondary N) is 1. The molecule has 21 heavy (non-hydrogen) atoms. The topological polar surface area (TPSA) is 21.3 Å². The van der Waals surface area contributed by atoms with E-state index in [1.165, 1.54) is 42.4 Å². The molecule has 0 aromatic heterocycles. The Bertz CT molecular complexity index is 494. The third-order valence-corrected chi connectivity index (χ3v) is 5.52. The van der Waals surface area contributed by atoms with Crippen LogP contribution in [0.1, 0.15) is 69.2 Å². The fourth-order valence-electron chi connectivity index (χ4n) is 4.24. The Morgan fingerprint density at radius 2 is 2.05 bits per heavy atom. The van der Waals surface area contributed by atoms with Gasteiger partial charge in [-0.1, -0.05) is 51.8 Å². The molecule has 2 aliphatic rings. The maximum atomic E-state index is 5.58. The van der Waals surface area contributed by atoms with E-state index < -0.39 is 0 Å². The first kappa shape index (κ1) is 15.1. The highest BCUT2D eigenvalue weighted by Gasteiger charge is 2.38. The number of ether oxygens (including phenoxy) is 1. The molecule has 2 atom stereocenters. The van der Waals surface area contributed by atoms with E-state index in [1.807, 2.05) is 0 Å². The number of fused-ring (bicyclic) bond motifs is 1. The second-order valence-corrected chi connectivity index (χ2v) is 7.40. The molecule has 1 saturated carbocycles. The minimum atomic E-state index is 0.431. The molecule has 1 aliphatic carbocycles. The minimum absolute atomic E-state index is 0.431. The molecule has 2 unspecified atom stereocenters. The van der Waals surface area contributed by atoms with Gasteiger partial charge in [0, 0.05) is 6.04 Å². The van der Waals surface area contributed by atoms with Gasteiger partial charge in [0.15, 0.2) is 0 Å². The second-order valence-electron chi connectivity index (χ2n) is 7.40. The van der Waals surface area contributed by atoms with E-state index >= 15 is 0 Å². The molecule has 0 spiro atoms. The molecule has 116 valence electrons. The van der Waals surface area contributed by atoms with Crippen LogP contribution in [0.5, 0.6) is 0 Å². The average molecular weight is 287 g/mol. The van der Waals surface area contributed by atoms with Gasteiger partial charge in [0.05, 0.1) is 13.2 Å². The quantitative estimate of drug-likeness (QED) is 0.875. The highest BCUT2D eigenvalue weighted by atomic mass is 16.5. The van der Waals surface area contributed by atoms with Crippen molar-refractivity contribution in [3.8, 4) is 0 Å². The minimum Gasteiger partial charge on any atom is -0.372 e. The standard InChI is InChI=1S/C19H29NO/c1-4-20-18(17-7-5-6-10-19(17,2)3)14-8-9-15-12-21-13-16(15)11-14/h8-9,11,17-18,20H,4-7,10,12-13H2,1-3H3. The monoisotopic (exact) mass is 287 g/mol. The summed E-state index contributed by atoms with van der Waals surface area (Å²) < 4.78 is 5.58. The molecule has 1 aliphatic heterocycles. The average Bonchev–Trinajstić information content (AvgIpc) is 2.92. The fourth-order valence-corrected chi connectivity index (χ4v) is 4.24. The third-order valence-electron chi connectivity index (χ3n) is 5.52. The van der Waals surface area contributed by atoms with Crippen LogP contribution in [0.2, 0.25) is 0 Å². The van der Waals surface area contributed by atoms with E-state index in [0.717, 1.165) is 25.7 Å². The maximum Gasteiger partial charge on any atom is 0.0725 e. The van der Waals surface area contributed by atoms with Crippen molar-refractivity contribution in [2.75, 3.05) is 6.54 Å². The van der Waals surface area contributed by atoms with Crippen molar-refractivity contribution in [1.29, 1.82) is 0 Å². The first-order chi connectivity index (χ1) is 10.1. The molecule has 0 amide bonds. The molecule has 1 N–H and O–H groups in total. The zero-order valence-corrected chi connectivity index (χ0v) is 13.7. The first-order valence-corrected chi connectivity index (χ1v) is 8.54. The van der Waals surface area contributed by atoms with Crippen molar-refractivity contribution < 1.29 is 4.74 Å². The van der Waals surface area contributed by atoms with Gasteiger partial charge < -0.3 is 10.1 Å². The molecular weight excluding hydrogens is 258 g/mol. The Kier molecular flexibility index (Phi) is 4.37. The molecule has 2 nitrogen and oxygen atoms in total. The zero-order valence-electron chi connectivity index (χ0n) is 13.7. The lowest BCUT2D eigenvalue weighted by molar-refractivity contribution is 0.0987. The van der Waals surface area contributed by atoms with Crippen LogP contribution in [0.15, 0.2) is 18.2 Å². The van der Waals surface area contributed by atoms with Crippen LogP contribution in [0.4, 0.5) is 0 Å². The molecule has 0 radical (unpaired) electrons. The second kappa shape index (κ2) is 6.10. The summed E-state index contributed by atoms with van der Waals surface area (Å²) in [6, 6.07) is 7.47. The first-order valence-electron chi connectivity index (χ1n) is 8.54. The summed E-state index contributed by atoms with van der Waals surface area (Å²) >= 11 is 0. The lowest BCUT2D eigenvalue weighted by atomic mass is 9.64. The number of hydrogen-bond acceptors (Lipinski definition) is 2. The molecule has 1 heterocycles. The van der Waals surface area contributed by atoms with Crippen molar-refractivity contribution in [3.05, 3.63) is 34.9 Å². The van der Waals surface area contributed by atoms with E-state index in [4.69, 9.17) is 4.74 Å². The van der Waals surface area contributed by atoms with E-state index in [0.29, 0.717) is 11.5 Å². The Hall–Kier alpha value is -0.860. The van der Waals surface area contributed by atoms with Crippen LogP contribution in [0.3, 0.4) is 0 Å². The summed E-state index contributed by atoms with van der Waals surface area (Å²) in [6.07, 6.45) is 5.47. The van der Waals surface area contributed by atoms with Crippen molar-refractivity contribution in [2.24, 2.45) is 11.3 Å². The van der Waals surface area contributed by atoms with E-state index in [-0.39, 0.29) is 0 Å². The van der Waals surface area contributed by atoms with Gasteiger partial charge in [0.2, 0.25) is 0 Å². The molecule has 1 fully saturated rings. The number of hydrogen-bond donors (Lipinski definition) is 1. The molecule has 0 saturated heterocycles. The van der Waals surface area contributed by atoms with Crippen molar-refractivity contribution in [2.45, 2.75) is 65.7 Å². The van der Waals surface area contributed by atoms with Crippen LogP contribution < -0.4 is 5.32 Å². The van der Waals surface area contributed by atoms with Gasteiger partial charge in [-0.3, -0.25) is 0 Å². The Morgan fingerprint density at radius 1 is 1.24 bits per heavy atom. The van der Waals surface area contributed by atoms with E-state index in [2.05, 4.69) is 44.3 Å². The molecule has 1 aromatic rings. The van der Waals surface area contributed by atoms with Gasteiger partial charge in [-0.2, -0.15) is 0 Å². The van der Waals surface area contributed by atoms with Crippen molar-refractivity contribution in [1.82, 2.24) is 5.32 Å². The van der Waals surface area contributed by atoms with E-state index in [9.17, 15) is 0 Å². The largest absolute Gasteiger partial charge is 0.372 e. The van der Waals surface area contributed by atoms with E-state index in [1.54, 1.807) is 0 Å². The highest BCUT2D eigenvalue weighted by Crippen LogP contribution is 2.47. The smallest absolute Gasteiger partial charge is 0.0725 e. The van der Waals surface area contributed by atoms with Gasteiger partial charge in [-0.15, -0.1) is 0 Å². The Morgan fingerprint density at radius 3 is 2.81 bits per heavy atom. The summed E-state index contributed by atoms with van der Waals surface area (Å²) in [5.74, 6) is 0.728. The van der Waals surface area contributed by atoms with Crippen LogP contribution in [-0.2, 0) is 18.0 Å². The number of rotatable bonds is 4. The molecular formula is C19H29NO. The fraction of sp³-hybridized carbons (Fsp3) is 0.684. The normalized spacial score (nSPS) is 25.6. The predicted molar refractivity (Wildman–Crippen MR) is 87.1 cm³/mol. The van der Waals surface area contributed by atoms with Crippen LogP contribution in [0, 0.1) is 11.3 Å². The van der Waals surface area contributed by atoms with Crippen LogP contribution >= 0.6 is 0 Å². The Balaban J connectivity index is 1.90. The van der Waals surface area contributed by atoms with Gasteiger partial charge in [-0.25, -0.2) is 0 Å². The lowest BCUT2D eigenvalue weighted by Gasteiger charge is -2.44.